The van der Waals surface area contributed by atoms with Gasteiger partial charge in [-0.15, -0.1) is 0 Å². The van der Waals surface area contributed by atoms with Gasteiger partial charge in [-0.05, 0) is 22.3 Å². The van der Waals surface area contributed by atoms with Crippen molar-refractivity contribution in [2.75, 3.05) is 26.7 Å². The number of morpholine rings is 1. The summed E-state index contributed by atoms with van der Waals surface area (Å²) in [4.78, 5) is 17.2. The number of carbonyl (C=O) groups is 1. The molecule has 1 atom stereocenters. The molecule has 4 rings (SSSR count). The normalized spacial score (nSPS) is 16.9. The minimum absolute atomic E-state index is 0.0376. The van der Waals surface area contributed by atoms with E-state index in [-0.39, 0.29) is 5.91 Å². The van der Waals surface area contributed by atoms with Crippen molar-refractivity contribution in [1.82, 2.24) is 9.80 Å². The zero-order chi connectivity index (χ0) is 20.8. The largest absolute Gasteiger partial charge is 0.366 e. The molecule has 1 fully saturated rings. The fraction of sp³-hybridized carbons (Fsp3) is 0.269. The number of nitrogens with zero attached hydrogens (tertiary/aromatic N) is 2. The van der Waals surface area contributed by atoms with Crippen LogP contribution in [-0.2, 0) is 22.6 Å². The molecule has 3 aromatic rings. The lowest BCUT2D eigenvalue weighted by molar-refractivity contribution is -0.148. The molecule has 0 N–H and O–H groups in total. The van der Waals surface area contributed by atoms with Crippen molar-refractivity contribution in [2.45, 2.75) is 19.2 Å². The van der Waals surface area contributed by atoms with Crippen LogP contribution >= 0.6 is 0 Å². The van der Waals surface area contributed by atoms with Gasteiger partial charge in [0.05, 0.1) is 6.61 Å². The Morgan fingerprint density at radius 3 is 2.40 bits per heavy atom. The van der Waals surface area contributed by atoms with Crippen molar-refractivity contribution in [3.05, 3.63) is 96.1 Å². The highest BCUT2D eigenvalue weighted by atomic mass is 16.5. The number of ether oxygens (including phenoxy) is 1. The first-order chi connectivity index (χ1) is 14.7. The SMILES string of the molecule is CN(Cc1ccccc1-c1ccccc1)C(=O)C1CN(Cc2ccccc2)CCO1. The highest BCUT2D eigenvalue weighted by Crippen LogP contribution is 2.24. The molecule has 0 aromatic heterocycles. The van der Waals surface area contributed by atoms with Crippen LogP contribution in [0.3, 0.4) is 0 Å². The Morgan fingerprint density at radius 1 is 0.967 bits per heavy atom. The van der Waals surface area contributed by atoms with Crippen molar-refractivity contribution in [2.24, 2.45) is 0 Å². The molecule has 154 valence electrons. The standard InChI is InChI=1S/C26H28N2O2/c1-27(19-23-14-8-9-15-24(23)22-12-6-3-7-13-22)26(29)25-20-28(16-17-30-25)18-21-10-4-2-5-11-21/h2-15,25H,16-20H2,1H3. The first kappa shape index (κ1) is 20.3. The quantitative estimate of drug-likeness (QED) is 0.621. The van der Waals surface area contributed by atoms with Crippen LogP contribution in [-0.4, -0.2) is 48.6 Å². The zero-order valence-electron chi connectivity index (χ0n) is 17.4. The van der Waals surface area contributed by atoms with Crippen LogP contribution < -0.4 is 0 Å². The van der Waals surface area contributed by atoms with Crippen molar-refractivity contribution in [1.29, 1.82) is 0 Å². The average molecular weight is 401 g/mol. The molecule has 4 nitrogen and oxygen atoms in total. The first-order valence-electron chi connectivity index (χ1n) is 10.5. The van der Waals surface area contributed by atoms with Gasteiger partial charge in [0.1, 0.15) is 6.10 Å². The van der Waals surface area contributed by atoms with Crippen LogP contribution in [0.15, 0.2) is 84.9 Å². The Kier molecular flexibility index (Phi) is 6.57. The van der Waals surface area contributed by atoms with Gasteiger partial charge in [0.15, 0.2) is 0 Å². The second-order valence-electron chi connectivity index (χ2n) is 7.80. The van der Waals surface area contributed by atoms with E-state index in [4.69, 9.17) is 4.74 Å². The van der Waals surface area contributed by atoms with Crippen molar-refractivity contribution < 1.29 is 9.53 Å². The predicted molar refractivity (Wildman–Crippen MR) is 120 cm³/mol. The maximum absolute atomic E-state index is 13.1. The summed E-state index contributed by atoms with van der Waals surface area (Å²) >= 11 is 0. The molecule has 30 heavy (non-hydrogen) atoms. The van der Waals surface area contributed by atoms with Crippen LogP contribution in [0.1, 0.15) is 11.1 Å². The van der Waals surface area contributed by atoms with Gasteiger partial charge in [0, 0.05) is 33.2 Å². The molecule has 0 bridgehead atoms. The molecule has 0 radical (unpaired) electrons. The third-order valence-electron chi connectivity index (χ3n) is 5.56. The van der Waals surface area contributed by atoms with Crippen LogP contribution in [0.25, 0.3) is 11.1 Å². The van der Waals surface area contributed by atoms with Crippen molar-refractivity contribution in [3.8, 4) is 11.1 Å². The maximum atomic E-state index is 13.1. The molecule has 0 spiro atoms. The molecular weight excluding hydrogens is 372 g/mol. The van der Waals surface area contributed by atoms with Crippen LogP contribution in [0.4, 0.5) is 0 Å². The van der Waals surface area contributed by atoms with E-state index in [1.807, 2.05) is 43.4 Å². The molecule has 1 heterocycles. The summed E-state index contributed by atoms with van der Waals surface area (Å²) < 4.78 is 5.85. The molecule has 1 amide bonds. The Morgan fingerprint density at radius 2 is 1.63 bits per heavy atom. The van der Waals surface area contributed by atoms with Gasteiger partial charge >= 0.3 is 0 Å². The molecule has 0 aliphatic carbocycles. The molecule has 0 saturated carbocycles. The van der Waals surface area contributed by atoms with E-state index >= 15 is 0 Å². The summed E-state index contributed by atoms with van der Waals surface area (Å²) in [6, 6.07) is 29.0. The fourth-order valence-electron chi connectivity index (χ4n) is 3.97. The summed E-state index contributed by atoms with van der Waals surface area (Å²) in [6.07, 6.45) is -0.420. The lowest BCUT2D eigenvalue weighted by Gasteiger charge is -2.34. The van der Waals surface area contributed by atoms with Crippen molar-refractivity contribution >= 4 is 5.91 Å². The van der Waals surface area contributed by atoms with Gasteiger partial charge < -0.3 is 9.64 Å². The van der Waals surface area contributed by atoms with E-state index in [1.54, 1.807) is 4.90 Å². The van der Waals surface area contributed by atoms with Gasteiger partial charge in [0.2, 0.25) is 0 Å². The molecule has 1 aliphatic heterocycles. The number of benzene rings is 3. The van der Waals surface area contributed by atoms with Gasteiger partial charge in [-0.3, -0.25) is 9.69 Å². The van der Waals surface area contributed by atoms with E-state index in [1.165, 1.54) is 5.56 Å². The number of likely N-dealkylation sites (N-methyl/N-ethyl adjacent to an activating group) is 1. The minimum Gasteiger partial charge on any atom is -0.366 e. The number of hydrogen-bond donors (Lipinski definition) is 0. The fourth-order valence-corrected chi connectivity index (χ4v) is 3.97. The van der Waals surface area contributed by atoms with Gasteiger partial charge in [-0.25, -0.2) is 0 Å². The third-order valence-corrected chi connectivity index (χ3v) is 5.56. The topological polar surface area (TPSA) is 32.8 Å². The molecule has 4 heteroatoms. The van der Waals surface area contributed by atoms with E-state index in [9.17, 15) is 4.79 Å². The molecule has 1 saturated heterocycles. The summed E-state index contributed by atoms with van der Waals surface area (Å²) in [5.41, 5.74) is 4.72. The van der Waals surface area contributed by atoms with Gasteiger partial charge in [-0.1, -0.05) is 84.9 Å². The van der Waals surface area contributed by atoms with E-state index in [0.717, 1.165) is 29.8 Å². The Balaban J connectivity index is 1.42. The third kappa shape index (κ3) is 4.96. The number of hydrogen-bond acceptors (Lipinski definition) is 3. The summed E-state index contributed by atoms with van der Waals surface area (Å²) in [7, 11) is 1.86. The van der Waals surface area contributed by atoms with Crippen LogP contribution in [0, 0.1) is 0 Å². The number of rotatable bonds is 6. The van der Waals surface area contributed by atoms with Crippen LogP contribution in [0.2, 0.25) is 0 Å². The molecule has 1 aliphatic rings. The van der Waals surface area contributed by atoms with E-state index < -0.39 is 6.10 Å². The Hall–Kier alpha value is -2.95. The highest BCUT2D eigenvalue weighted by Gasteiger charge is 2.29. The van der Waals surface area contributed by atoms with Gasteiger partial charge in [-0.2, -0.15) is 0 Å². The zero-order valence-corrected chi connectivity index (χ0v) is 17.4. The number of carbonyl (C=O) groups excluding carboxylic acids is 1. The monoisotopic (exact) mass is 400 g/mol. The van der Waals surface area contributed by atoms with Crippen LogP contribution in [0.5, 0.6) is 0 Å². The Labute approximate surface area is 178 Å². The number of amides is 1. The maximum Gasteiger partial charge on any atom is 0.253 e. The van der Waals surface area contributed by atoms with Gasteiger partial charge in [0.25, 0.3) is 5.91 Å². The first-order valence-corrected chi connectivity index (χ1v) is 10.5. The van der Waals surface area contributed by atoms with E-state index in [2.05, 4.69) is 53.4 Å². The summed E-state index contributed by atoms with van der Waals surface area (Å²) in [5, 5.41) is 0. The lowest BCUT2D eigenvalue weighted by atomic mass is 9.99. The van der Waals surface area contributed by atoms with Crippen molar-refractivity contribution in [3.63, 3.8) is 0 Å². The summed E-state index contributed by atoms with van der Waals surface area (Å²) in [5.74, 6) is 0.0376. The Bertz CT molecular complexity index is 959. The molecular formula is C26H28N2O2. The second-order valence-corrected chi connectivity index (χ2v) is 7.80. The molecule has 1 unspecified atom stereocenters. The average Bonchev–Trinajstić information content (AvgIpc) is 2.80. The highest BCUT2D eigenvalue weighted by molar-refractivity contribution is 5.81. The molecule has 3 aromatic carbocycles. The summed E-state index contributed by atoms with van der Waals surface area (Å²) in [6.45, 7) is 3.45. The lowest BCUT2D eigenvalue weighted by Crippen LogP contribution is -2.49. The van der Waals surface area contributed by atoms with E-state index in [0.29, 0.717) is 19.7 Å². The second kappa shape index (κ2) is 9.70. The smallest absolute Gasteiger partial charge is 0.253 e. The predicted octanol–water partition coefficient (Wildman–Crippen LogP) is 4.21. The minimum atomic E-state index is -0.420.